The molecule has 1 rings (SSSR count). The van der Waals surface area contributed by atoms with Crippen molar-refractivity contribution in [3.63, 3.8) is 0 Å². The summed E-state index contributed by atoms with van der Waals surface area (Å²) in [6.45, 7) is 14.6. The highest BCUT2D eigenvalue weighted by Crippen LogP contribution is 2.59. The minimum atomic E-state index is -0.576. The Morgan fingerprint density at radius 3 is 1.85 bits per heavy atom. The molecule has 0 radical (unpaired) electrons. The third-order valence-corrected chi connectivity index (χ3v) is 4.07. The van der Waals surface area contributed by atoms with Crippen LogP contribution in [0.1, 0.15) is 41.0 Å². The Balaban J connectivity index is 3.13. The van der Waals surface area contributed by atoms with Crippen LogP contribution < -0.4 is 0 Å². The van der Waals surface area contributed by atoms with Crippen LogP contribution in [-0.2, 0) is 4.89 Å². The van der Waals surface area contributed by atoms with Crippen molar-refractivity contribution >= 4 is 0 Å². The zero-order valence-corrected chi connectivity index (χ0v) is 9.27. The molecule has 0 amide bonds. The van der Waals surface area contributed by atoms with E-state index in [1.807, 2.05) is 6.92 Å². The summed E-state index contributed by atoms with van der Waals surface area (Å²) in [7, 11) is 0. The third-order valence-electron chi connectivity index (χ3n) is 4.07. The van der Waals surface area contributed by atoms with E-state index in [2.05, 4.69) is 39.2 Å². The average Bonchev–Trinajstić information content (AvgIpc) is 2.11. The maximum atomic E-state index is 8.90. The van der Waals surface area contributed by atoms with Crippen LogP contribution in [0.15, 0.2) is 12.2 Å². The molecule has 1 fully saturated rings. The minimum absolute atomic E-state index is 0.00444. The number of rotatable bonds is 1. The monoisotopic (exact) mass is 184 g/mol. The lowest BCUT2D eigenvalue weighted by Gasteiger charge is -2.35. The molecular weight excluding hydrogens is 164 g/mol. The fraction of sp³-hybridized carbons (Fsp3) is 0.818. The Morgan fingerprint density at radius 2 is 1.69 bits per heavy atom. The molecule has 0 aliphatic heterocycles. The molecule has 0 saturated heterocycles. The zero-order valence-electron chi connectivity index (χ0n) is 9.27. The molecule has 1 aliphatic rings. The molecule has 0 bridgehead atoms. The van der Waals surface area contributed by atoms with Gasteiger partial charge in [-0.3, -0.25) is 5.26 Å². The Bertz CT molecular complexity index is 240. The van der Waals surface area contributed by atoms with Gasteiger partial charge in [-0.1, -0.05) is 34.3 Å². The predicted molar refractivity (Wildman–Crippen MR) is 53.4 cm³/mol. The first-order valence-corrected chi connectivity index (χ1v) is 4.70. The lowest BCUT2D eigenvalue weighted by molar-refractivity contribution is -0.306. The Kier molecular flexibility index (Phi) is 2.13. The third kappa shape index (κ3) is 1.24. The van der Waals surface area contributed by atoms with Gasteiger partial charge in [-0.05, 0) is 29.7 Å². The first-order valence-electron chi connectivity index (χ1n) is 4.70. The smallest absolute Gasteiger partial charge is 0.122 e. The van der Waals surface area contributed by atoms with Crippen molar-refractivity contribution in [2.24, 2.45) is 10.8 Å². The zero-order chi connectivity index (χ0) is 10.5. The van der Waals surface area contributed by atoms with Crippen LogP contribution in [0.5, 0.6) is 0 Å². The lowest BCUT2D eigenvalue weighted by Crippen LogP contribution is -2.28. The molecule has 0 aromatic rings. The van der Waals surface area contributed by atoms with Crippen LogP contribution in [-0.4, -0.2) is 10.9 Å². The summed E-state index contributed by atoms with van der Waals surface area (Å²) in [5.74, 6) is 0. The highest BCUT2D eigenvalue weighted by molar-refractivity contribution is 5.29. The fourth-order valence-electron chi connectivity index (χ4n) is 2.33. The van der Waals surface area contributed by atoms with E-state index in [-0.39, 0.29) is 10.8 Å². The van der Waals surface area contributed by atoms with Gasteiger partial charge in [0.2, 0.25) is 0 Å². The summed E-state index contributed by atoms with van der Waals surface area (Å²) in [6.07, 6.45) is 0.808. The first-order chi connectivity index (χ1) is 5.67. The Morgan fingerprint density at radius 1 is 1.23 bits per heavy atom. The second-order valence-electron chi connectivity index (χ2n) is 5.49. The number of hydrogen-bond acceptors (Lipinski definition) is 2. The van der Waals surface area contributed by atoms with Crippen molar-refractivity contribution in [1.29, 1.82) is 0 Å². The van der Waals surface area contributed by atoms with Crippen molar-refractivity contribution in [2.45, 2.75) is 46.6 Å². The van der Waals surface area contributed by atoms with Crippen LogP contribution in [0.2, 0.25) is 0 Å². The summed E-state index contributed by atoms with van der Waals surface area (Å²) in [4.78, 5) is 4.58. The topological polar surface area (TPSA) is 29.5 Å². The van der Waals surface area contributed by atoms with E-state index < -0.39 is 5.60 Å². The lowest BCUT2D eigenvalue weighted by atomic mass is 9.69. The van der Waals surface area contributed by atoms with Gasteiger partial charge in [0.05, 0.1) is 0 Å². The second kappa shape index (κ2) is 2.58. The fourth-order valence-corrected chi connectivity index (χ4v) is 2.33. The molecule has 0 aromatic heterocycles. The molecule has 0 spiro atoms. The number of hydrogen-bond donors (Lipinski definition) is 1. The average molecular weight is 184 g/mol. The Labute approximate surface area is 80.5 Å². The molecule has 0 heterocycles. The van der Waals surface area contributed by atoms with E-state index in [9.17, 15) is 0 Å². The predicted octanol–water partition coefficient (Wildman–Crippen LogP) is 3.25. The molecule has 2 heteroatoms. The molecule has 1 aliphatic carbocycles. The van der Waals surface area contributed by atoms with Crippen molar-refractivity contribution in [2.75, 3.05) is 0 Å². The van der Waals surface area contributed by atoms with E-state index in [4.69, 9.17) is 5.26 Å². The van der Waals surface area contributed by atoms with Crippen LogP contribution in [0, 0.1) is 10.8 Å². The molecule has 1 atom stereocenters. The summed E-state index contributed by atoms with van der Waals surface area (Å²) in [5.41, 5.74) is 0.520. The highest BCUT2D eigenvalue weighted by atomic mass is 17.1. The van der Waals surface area contributed by atoms with Crippen molar-refractivity contribution in [3.8, 4) is 0 Å². The molecule has 76 valence electrons. The van der Waals surface area contributed by atoms with Crippen LogP contribution in [0.25, 0.3) is 0 Å². The second-order valence-corrected chi connectivity index (χ2v) is 5.49. The van der Waals surface area contributed by atoms with E-state index in [0.29, 0.717) is 0 Å². The summed E-state index contributed by atoms with van der Waals surface area (Å²) < 4.78 is 0. The van der Waals surface area contributed by atoms with E-state index in [1.165, 1.54) is 0 Å². The maximum absolute atomic E-state index is 8.90. The van der Waals surface area contributed by atoms with Gasteiger partial charge in [0.1, 0.15) is 5.60 Å². The Hall–Kier alpha value is -0.340. The normalized spacial score (nSPS) is 36.6. The van der Waals surface area contributed by atoms with Gasteiger partial charge in [0, 0.05) is 0 Å². The highest BCUT2D eigenvalue weighted by Gasteiger charge is 2.56. The molecule has 13 heavy (non-hydrogen) atoms. The largest absolute Gasteiger partial charge is 0.251 e. The molecule has 1 unspecified atom stereocenters. The van der Waals surface area contributed by atoms with Crippen LogP contribution in [0.4, 0.5) is 0 Å². The molecular formula is C11H20O2. The van der Waals surface area contributed by atoms with Gasteiger partial charge < -0.3 is 0 Å². The van der Waals surface area contributed by atoms with E-state index in [0.717, 1.165) is 12.0 Å². The van der Waals surface area contributed by atoms with Crippen LogP contribution in [0.3, 0.4) is 0 Å². The maximum Gasteiger partial charge on any atom is 0.122 e. The van der Waals surface area contributed by atoms with Gasteiger partial charge in [0.15, 0.2) is 0 Å². The van der Waals surface area contributed by atoms with Crippen molar-refractivity contribution in [3.05, 3.63) is 12.2 Å². The van der Waals surface area contributed by atoms with Crippen molar-refractivity contribution < 1.29 is 10.1 Å². The van der Waals surface area contributed by atoms with E-state index >= 15 is 0 Å². The van der Waals surface area contributed by atoms with Gasteiger partial charge in [-0.15, -0.1) is 0 Å². The summed E-state index contributed by atoms with van der Waals surface area (Å²) >= 11 is 0. The quantitative estimate of drug-likeness (QED) is 0.385. The first kappa shape index (κ1) is 10.7. The van der Waals surface area contributed by atoms with E-state index in [1.54, 1.807) is 0 Å². The summed E-state index contributed by atoms with van der Waals surface area (Å²) in [5, 5.41) is 8.90. The van der Waals surface area contributed by atoms with Gasteiger partial charge >= 0.3 is 0 Å². The summed E-state index contributed by atoms with van der Waals surface area (Å²) in [6, 6.07) is 0. The molecule has 1 saturated carbocycles. The van der Waals surface area contributed by atoms with Crippen molar-refractivity contribution in [1.82, 2.24) is 0 Å². The van der Waals surface area contributed by atoms with Gasteiger partial charge in [-0.2, -0.15) is 0 Å². The molecule has 1 N–H and O–H groups in total. The SMILES string of the molecule is C=C1C(C)(OO)CC(C)(C)C1(C)C. The standard InChI is InChI=1S/C11H20O2/c1-8-10(4,5)9(2,3)7-11(8,6)13-12/h12H,1,7H2,2-6H3. The van der Waals surface area contributed by atoms with Gasteiger partial charge in [-0.25, -0.2) is 4.89 Å². The minimum Gasteiger partial charge on any atom is -0.251 e. The molecule has 2 nitrogen and oxygen atoms in total. The van der Waals surface area contributed by atoms with Crippen LogP contribution >= 0.6 is 0 Å². The molecule has 0 aromatic carbocycles. The van der Waals surface area contributed by atoms with Gasteiger partial charge in [0.25, 0.3) is 0 Å².